The molecule has 1 aliphatic rings. The third-order valence-electron chi connectivity index (χ3n) is 5.43. The van der Waals surface area contributed by atoms with Gasteiger partial charge in [-0.3, -0.25) is 4.98 Å². The molecule has 0 unspecified atom stereocenters. The lowest BCUT2D eigenvalue weighted by atomic mass is 9.88. The molecule has 1 saturated carbocycles. The van der Waals surface area contributed by atoms with E-state index >= 15 is 0 Å². The highest BCUT2D eigenvalue weighted by Gasteiger charge is 2.33. The lowest BCUT2D eigenvalue weighted by Gasteiger charge is -2.28. The molecule has 0 bridgehead atoms. The molecule has 0 radical (unpaired) electrons. The molecule has 0 saturated heterocycles. The molecular weight excluding hydrogens is 453 g/mol. The normalized spacial score (nSPS) is 17.9. The van der Waals surface area contributed by atoms with Gasteiger partial charge in [0.1, 0.15) is 17.6 Å². The monoisotopic (exact) mass is 476 g/mol. The highest BCUT2D eigenvalue weighted by Crippen LogP contribution is 2.30. The first kappa shape index (κ1) is 25.1. The Kier molecular flexibility index (Phi) is 8.50. The Bertz CT molecular complexity index is 1070. The van der Waals surface area contributed by atoms with Gasteiger partial charge in [-0.15, -0.1) is 0 Å². The van der Waals surface area contributed by atoms with Crippen molar-refractivity contribution in [3.8, 4) is 28.5 Å². The van der Waals surface area contributed by atoms with Gasteiger partial charge in [-0.05, 0) is 49.8 Å². The summed E-state index contributed by atoms with van der Waals surface area (Å²) in [6, 6.07) is 7.08. The fraction of sp³-hybridized carbons (Fsp3) is 0.391. The predicted octanol–water partition coefficient (Wildman–Crippen LogP) is 4.55. The van der Waals surface area contributed by atoms with Crippen LogP contribution in [0.4, 0.5) is 13.2 Å². The molecule has 11 heteroatoms. The molecule has 3 heterocycles. The van der Waals surface area contributed by atoms with E-state index in [4.69, 9.17) is 19.1 Å². The summed E-state index contributed by atoms with van der Waals surface area (Å²) in [5, 5.41) is 0. The average molecular weight is 476 g/mol. The minimum atomic E-state index is -4.46. The van der Waals surface area contributed by atoms with Gasteiger partial charge in [-0.1, -0.05) is 0 Å². The van der Waals surface area contributed by atoms with Crippen molar-refractivity contribution in [2.45, 2.75) is 38.0 Å². The van der Waals surface area contributed by atoms with Crippen molar-refractivity contribution in [3.63, 3.8) is 0 Å². The standard InChI is InChI=1S/C22H23F3N4O2.CO2/c1-30-13-14-2-6-17(7-3-14)31-20-9-5-15(10-27-20)18-8-4-16(11-26-18)21-28-12-19(29-21)22(23,24)25;2-1-3/h4-5,8-12,14,17H,2-3,6-7,13H2,1H3,(H,28,29);. The van der Waals surface area contributed by atoms with Crippen LogP contribution in [0.1, 0.15) is 31.4 Å². The Hall–Kier alpha value is -3.56. The summed E-state index contributed by atoms with van der Waals surface area (Å²) >= 11 is 0. The van der Waals surface area contributed by atoms with E-state index in [-0.39, 0.29) is 18.1 Å². The maximum atomic E-state index is 12.7. The second-order valence-corrected chi connectivity index (χ2v) is 7.76. The highest BCUT2D eigenvalue weighted by molar-refractivity contribution is 5.62. The second kappa shape index (κ2) is 11.5. The minimum Gasteiger partial charge on any atom is -0.474 e. The van der Waals surface area contributed by atoms with Crippen molar-refractivity contribution < 1.29 is 32.2 Å². The quantitative estimate of drug-likeness (QED) is 0.556. The summed E-state index contributed by atoms with van der Waals surface area (Å²) in [5.74, 6) is 1.30. The first-order valence-corrected chi connectivity index (χ1v) is 10.5. The summed E-state index contributed by atoms with van der Waals surface area (Å²) in [7, 11) is 1.73. The van der Waals surface area contributed by atoms with Crippen molar-refractivity contribution in [2.75, 3.05) is 13.7 Å². The van der Waals surface area contributed by atoms with Gasteiger partial charge in [-0.25, -0.2) is 9.97 Å². The number of ether oxygens (including phenoxy) is 2. The third kappa shape index (κ3) is 6.72. The lowest BCUT2D eigenvalue weighted by Crippen LogP contribution is -2.26. The van der Waals surface area contributed by atoms with Crippen LogP contribution in [0.15, 0.2) is 42.9 Å². The summed E-state index contributed by atoms with van der Waals surface area (Å²) < 4.78 is 49.4. The Morgan fingerprint density at radius 3 is 2.18 bits per heavy atom. The number of carbonyl (C=O) groups excluding carboxylic acids is 2. The van der Waals surface area contributed by atoms with Gasteiger partial charge >= 0.3 is 12.3 Å². The number of hydrogen-bond acceptors (Lipinski definition) is 7. The van der Waals surface area contributed by atoms with Crippen LogP contribution in [-0.2, 0) is 20.5 Å². The van der Waals surface area contributed by atoms with Gasteiger partial charge in [0.15, 0.2) is 0 Å². The number of halogens is 3. The number of hydrogen-bond donors (Lipinski definition) is 1. The Balaban J connectivity index is 0.00000103. The second-order valence-electron chi connectivity index (χ2n) is 7.76. The average Bonchev–Trinajstić information content (AvgIpc) is 3.33. The predicted molar refractivity (Wildman–Crippen MR) is 113 cm³/mol. The smallest absolute Gasteiger partial charge is 0.432 e. The SMILES string of the molecule is COCC1CCC(Oc2ccc(-c3ccc(-c4ncc(C(F)(F)F)[nH]4)cn3)cn2)CC1.O=C=O. The zero-order chi connectivity index (χ0) is 24.6. The number of H-pyrrole nitrogens is 1. The number of imidazole rings is 1. The highest BCUT2D eigenvalue weighted by atomic mass is 19.4. The molecule has 180 valence electrons. The number of aromatic nitrogens is 4. The van der Waals surface area contributed by atoms with E-state index < -0.39 is 11.9 Å². The fourth-order valence-corrected chi connectivity index (χ4v) is 3.74. The van der Waals surface area contributed by atoms with Crippen LogP contribution in [-0.4, -0.2) is 45.9 Å². The molecule has 0 spiro atoms. The molecule has 4 rings (SSSR count). The maximum Gasteiger partial charge on any atom is 0.432 e. The van der Waals surface area contributed by atoms with Gasteiger partial charge in [0.05, 0.1) is 11.9 Å². The molecule has 1 aliphatic carbocycles. The number of aromatic amines is 1. The van der Waals surface area contributed by atoms with E-state index in [0.29, 0.717) is 23.1 Å². The Morgan fingerprint density at radius 1 is 0.971 bits per heavy atom. The van der Waals surface area contributed by atoms with E-state index in [0.717, 1.165) is 44.1 Å². The van der Waals surface area contributed by atoms with Crippen molar-refractivity contribution in [3.05, 3.63) is 48.5 Å². The number of nitrogens with one attached hydrogen (secondary N) is 1. The van der Waals surface area contributed by atoms with Crippen molar-refractivity contribution in [1.29, 1.82) is 0 Å². The van der Waals surface area contributed by atoms with Gasteiger partial charge in [-0.2, -0.15) is 22.8 Å². The summed E-state index contributed by atoms with van der Waals surface area (Å²) in [6.07, 6.45) is 4.05. The van der Waals surface area contributed by atoms with Crippen LogP contribution in [0.3, 0.4) is 0 Å². The topological polar surface area (TPSA) is 107 Å². The van der Waals surface area contributed by atoms with Crippen LogP contribution < -0.4 is 4.74 Å². The summed E-state index contributed by atoms with van der Waals surface area (Å²) in [4.78, 5) is 31.0. The molecule has 34 heavy (non-hydrogen) atoms. The first-order chi connectivity index (χ1) is 16.3. The third-order valence-corrected chi connectivity index (χ3v) is 5.43. The van der Waals surface area contributed by atoms with Gasteiger partial charge in [0, 0.05) is 43.3 Å². The minimum absolute atomic E-state index is 0.119. The van der Waals surface area contributed by atoms with Gasteiger partial charge < -0.3 is 14.5 Å². The number of rotatable bonds is 6. The summed E-state index contributed by atoms with van der Waals surface area (Å²) in [5.41, 5.74) is 1.03. The zero-order valence-corrected chi connectivity index (χ0v) is 18.3. The Morgan fingerprint density at radius 2 is 1.65 bits per heavy atom. The van der Waals surface area contributed by atoms with Crippen molar-refractivity contribution >= 4 is 6.15 Å². The van der Waals surface area contributed by atoms with Crippen LogP contribution in [0.2, 0.25) is 0 Å². The molecule has 1 fully saturated rings. The lowest BCUT2D eigenvalue weighted by molar-refractivity contribution is -0.191. The largest absolute Gasteiger partial charge is 0.474 e. The van der Waals surface area contributed by atoms with E-state index in [1.54, 1.807) is 25.4 Å². The molecule has 0 aromatic carbocycles. The van der Waals surface area contributed by atoms with Crippen molar-refractivity contribution in [2.24, 2.45) is 5.92 Å². The van der Waals surface area contributed by atoms with E-state index in [1.165, 1.54) is 6.20 Å². The Labute approximate surface area is 193 Å². The summed E-state index contributed by atoms with van der Waals surface area (Å²) in [6.45, 7) is 0.800. The molecule has 0 amide bonds. The molecular formula is C23H23F3N4O4. The molecule has 0 aliphatic heterocycles. The molecule has 0 atom stereocenters. The van der Waals surface area contributed by atoms with E-state index in [1.807, 2.05) is 12.1 Å². The molecule has 1 N–H and O–H groups in total. The maximum absolute atomic E-state index is 12.7. The molecule has 8 nitrogen and oxygen atoms in total. The van der Waals surface area contributed by atoms with E-state index in [9.17, 15) is 13.2 Å². The van der Waals surface area contributed by atoms with Crippen LogP contribution >= 0.6 is 0 Å². The zero-order valence-electron chi connectivity index (χ0n) is 18.3. The van der Waals surface area contributed by atoms with Crippen LogP contribution in [0.25, 0.3) is 22.6 Å². The van der Waals surface area contributed by atoms with E-state index in [2.05, 4.69) is 19.9 Å². The number of alkyl halides is 3. The van der Waals surface area contributed by atoms with Crippen LogP contribution in [0, 0.1) is 5.92 Å². The van der Waals surface area contributed by atoms with Crippen LogP contribution in [0.5, 0.6) is 5.88 Å². The number of pyridine rings is 2. The fourth-order valence-electron chi connectivity index (χ4n) is 3.74. The first-order valence-electron chi connectivity index (χ1n) is 10.5. The molecule has 3 aromatic heterocycles. The number of methoxy groups -OCH3 is 1. The number of nitrogens with zero attached hydrogens (tertiary/aromatic N) is 3. The van der Waals surface area contributed by atoms with Crippen molar-refractivity contribution in [1.82, 2.24) is 19.9 Å². The van der Waals surface area contributed by atoms with Gasteiger partial charge in [0.2, 0.25) is 5.88 Å². The molecule has 3 aromatic rings. The van der Waals surface area contributed by atoms with Gasteiger partial charge in [0.25, 0.3) is 0 Å².